The van der Waals surface area contributed by atoms with Crippen molar-refractivity contribution in [2.75, 3.05) is 0 Å². The maximum Gasteiger partial charge on any atom is 0.164 e. The van der Waals surface area contributed by atoms with Crippen LogP contribution in [0.4, 0.5) is 0 Å². The summed E-state index contributed by atoms with van der Waals surface area (Å²) in [7, 11) is 0. The maximum atomic E-state index is 5.27. The van der Waals surface area contributed by atoms with Crippen molar-refractivity contribution in [2.24, 2.45) is 0 Å². The Bertz CT molecular complexity index is 2850. The molecule has 0 N–H and O–H groups in total. The molecule has 3 nitrogen and oxygen atoms in total. The number of rotatable bonds is 4. The van der Waals surface area contributed by atoms with Crippen LogP contribution in [-0.4, -0.2) is 15.0 Å². The molecule has 0 saturated carbocycles. The van der Waals surface area contributed by atoms with E-state index in [0.29, 0.717) is 17.5 Å². The van der Waals surface area contributed by atoms with E-state index >= 15 is 0 Å². The van der Waals surface area contributed by atoms with Crippen LogP contribution in [0.5, 0.6) is 0 Å². The van der Waals surface area contributed by atoms with E-state index in [1.165, 1.54) is 55.6 Å². The van der Waals surface area contributed by atoms with E-state index in [9.17, 15) is 0 Å². The zero-order valence-electron chi connectivity index (χ0n) is 28.7. The predicted octanol–water partition coefficient (Wildman–Crippen LogP) is 12.0. The molecule has 2 aliphatic rings. The maximum absolute atomic E-state index is 5.27. The Kier molecular flexibility index (Phi) is 6.47. The van der Waals surface area contributed by atoms with Gasteiger partial charge in [0.05, 0.1) is 5.41 Å². The standard InChI is InChI=1S/C50H31N3/c1-3-15-32(16-4-1)35-28-29-41(37-20-8-7-19-36(35)37)49-52-47(33-17-5-2-6-18-33)51-48(53-49)34-27-30-46-42(31-34)40-23-11-14-26-45(40)50(46)43-24-12-9-21-38(43)39-22-10-13-25-44(39)50/h1-31H. The highest BCUT2D eigenvalue weighted by atomic mass is 15.0. The average Bonchev–Trinajstić information content (AvgIpc) is 3.71. The molecule has 0 bridgehead atoms. The number of aromatic nitrogens is 3. The van der Waals surface area contributed by atoms with Crippen molar-refractivity contribution >= 4 is 10.8 Å². The molecule has 9 aromatic rings. The van der Waals surface area contributed by atoms with Gasteiger partial charge < -0.3 is 0 Å². The number of benzene rings is 8. The largest absolute Gasteiger partial charge is 0.208 e. The first-order valence-electron chi connectivity index (χ1n) is 18.1. The van der Waals surface area contributed by atoms with Gasteiger partial charge in [-0.15, -0.1) is 0 Å². The second-order valence-electron chi connectivity index (χ2n) is 13.9. The molecule has 8 aromatic carbocycles. The van der Waals surface area contributed by atoms with Crippen LogP contribution in [0, 0.1) is 0 Å². The fourth-order valence-corrected chi connectivity index (χ4v) is 8.94. The quantitative estimate of drug-likeness (QED) is 0.187. The molecule has 0 amide bonds. The monoisotopic (exact) mass is 673 g/mol. The third-order valence-corrected chi connectivity index (χ3v) is 11.2. The molecule has 0 radical (unpaired) electrons. The molecule has 1 spiro atoms. The van der Waals surface area contributed by atoms with Crippen molar-refractivity contribution in [1.82, 2.24) is 15.0 Å². The zero-order chi connectivity index (χ0) is 34.9. The lowest BCUT2D eigenvalue weighted by atomic mass is 9.70. The lowest BCUT2D eigenvalue weighted by Gasteiger charge is -2.30. The van der Waals surface area contributed by atoms with Gasteiger partial charge in [-0.25, -0.2) is 15.0 Å². The van der Waals surface area contributed by atoms with Crippen LogP contribution in [0.2, 0.25) is 0 Å². The van der Waals surface area contributed by atoms with Crippen molar-refractivity contribution < 1.29 is 0 Å². The highest BCUT2D eigenvalue weighted by Crippen LogP contribution is 2.62. The number of hydrogen-bond acceptors (Lipinski definition) is 3. The first kappa shape index (κ1) is 29.7. The van der Waals surface area contributed by atoms with E-state index in [0.717, 1.165) is 27.5 Å². The fourth-order valence-electron chi connectivity index (χ4n) is 8.94. The summed E-state index contributed by atoms with van der Waals surface area (Å²) in [5, 5.41) is 2.27. The van der Waals surface area contributed by atoms with E-state index in [2.05, 4.69) is 170 Å². The van der Waals surface area contributed by atoms with Gasteiger partial charge >= 0.3 is 0 Å². The summed E-state index contributed by atoms with van der Waals surface area (Å²) in [5.41, 5.74) is 15.2. The lowest BCUT2D eigenvalue weighted by molar-refractivity contribution is 0.794. The van der Waals surface area contributed by atoms with E-state index in [1.807, 2.05) is 18.2 Å². The topological polar surface area (TPSA) is 38.7 Å². The first-order chi connectivity index (χ1) is 26.3. The molecule has 11 rings (SSSR count). The Balaban J connectivity index is 1.14. The van der Waals surface area contributed by atoms with E-state index < -0.39 is 5.41 Å². The Labute approximate surface area is 308 Å². The molecule has 53 heavy (non-hydrogen) atoms. The normalized spacial score (nSPS) is 13.1. The Hall–Kier alpha value is -6.97. The summed E-state index contributed by atoms with van der Waals surface area (Å²) in [6.45, 7) is 0. The van der Waals surface area contributed by atoms with Crippen molar-refractivity contribution in [3.8, 4) is 67.5 Å². The molecule has 246 valence electrons. The highest BCUT2D eigenvalue weighted by molar-refractivity contribution is 6.04. The van der Waals surface area contributed by atoms with E-state index in [4.69, 9.17) is 15.0 Å². The van der Waals surface area contributed by atoms with Crippen LogP contribution in [0.1, 0.15) is 22.3 Å². The summed E-state index contributed by atoms with van der Waals surface area (Å²) in [6, 6.07) is 67.2. The molecule has 0 saturated heterocycles. The molecular weight excluding hydrogens is 643 g/mol. The minimum atomic E-state index is -0.392. The Morgan fingerprint density at radius 3 is 1.32 bits per heavy atom. The second kappa shape index (κ2) is 11.5. The molecule has 0 aliphatic heterocycles. The molecule has 1 heterocycles. The van der Waals surface area contributed by atoms with Crippen LogP contribution in [0.15, 0.2) is 188 Å². The molecular formula is C50H31N3. The summed E-state index contributed by atoms with van der Waals surface area (Å²) < 4.78 is 0. The molecule has 0 atom stereocenters. The summed E-state index contributed by atoms with van der Waals surface area (Å²) >= 11 is 0. The van der Waals surface area contributed by atoms with Crippen molar-refractivity contribution in [2.45, 2.75) is 5.41 Å². The van der Waals surface area contributed by atoms with Gasteiger partial charge in [0, 0.05) is 16.7 Å². The van der Waals surface area contributed by atoms with Crippen molar-refractivity contribution in [3.63, 3.8) is 0 Å². The van der Waals surface area contributed by atoms with Gasteiger partial charge in [-0.05, 0) is 78.5 Å². The smallest absolute Gasteiger partial charge is 0.164 e. The van der Waals surface area contributed by atoms with Gasteiger partial charge in [0.25, 0.3) is 0 Å². The molecule has 2 aliphatic carbocycles. The Morgan fingerprint density at radius 1 is 0.264 bits per heavy atom. The second-order valence-corrected chi connectivity index (χ2v) is 13.9. The van der Waals surface area contributed by atoms with Crippen LogP contribution < -0.4 is 0 Å². The van der Waals surface area contributed by atoms with Crippen LogP contribution in [0.3, 0.4) is 0 Å². The highest BCUT2D eigenvalue weighted by Gasteiger charge is 2.51. The van der Waals surface area contributed by atoms with Gasteiger partial charge in [-0.3, -0.25) is 0 Å². The number of hydrogen-bond donors (Lipinski definition) is 0. The number of nitrogens with zero attached hydrogens (tertiary/aromatic N) is 3. The van der Waals surface area contributed by atoms with Gasteiger partial charge in [0.2, 0.25) is 0 Å². The predicted molar refractivity (Wildman–Crippen MR) is 215 cm³/mol. The minimum Gasteiger partial charge on any atom is -0.208 e. The molecule has 3 heteroatoms. The third kappa shape index (κ3) is 4.31. The van der Waals surface area contributed by atoms with E-state index in [-0.39, 0.29) is 0 Å². The summed E-state index contributed by atoms with van der Waals surface area (Å²) in [6.07, 6.45) is 0. The summed E-state index contributed by atoms with van der Waals surface area (Å²) in [5.74, 6) is 1.96. The molecule has 0 unspecified atom stereocenters. The van der Waals surface area contributed by atoms with Gasteiger partial charge in [-0.2, -0.15) is 0 Å². The minimum absolute atomic E-state index is 0.392. The van der Waals surface area contributed by atoms with Crippen molar-refractivity contribution in [3.05, 3.63) is 210 Å². The SMILES string of the molecule is c1ccc(-c2nc(-c3ccc4c(c3)-c3ccccc3C43c4ccccc4-c4ccccc43)nc(-c3ccc(-c4ccccc4)c4ccccc34)n2)cc1. The van der Waals surface area contributed by atoms with E-state index in [1.54, 1.807) is 0 Å². The first-order valence-corrected chi connectivity index (χ1v) is 18.1. The summed E-state index contributed by atoms with van der Waals surface area (Å²) in [4.78, 5) is 15.6. The third-order valence-electron chi connectivity index (χ3n) is 11.2. The molecule has 0 fully saturated rings. The van der Waals surface area contributed by atoms with Crippen molar-refractivity contribution in [1.29, 1.82) is 0 Å². The van der Waals surface area contributed by atoms with Gasteiger partial charge in [0.1, 0.15) is 0 Å². The Morgan fingerprint density at radius 2 is 0.698 bits per heavy atom. The zero-order valence-corrected chi connectivity index (χ0v) is 28.7. The van der Waals surface area contributed by atoms with Gasteiger partial charge in [-0.1, -0.05) is 176 Å². The average molecular weight is 674 g/mol. The molecule has 1 aromatic heterocycles. The van der Waals surface area contributed by atoms with Crippen LogP contribution in [0.25, 0.3) is 78.3 Å². The van der Waals surface area contributed by atoms with Crippen LogP contribution in [-0.2, 0) is 5.41 Å². The lowest BCUT2D eigenvalue weighted by Crippen LogP contribution is -2.25. The van der Waals surface area contributed by atoms with Gasteiger partial charge in [0.15, 0.2) is 17.5 Å². The van der Waals surface area contributed by atoms with Crippen LogP contribution >= 0.6 is 0 Å². The fraction of sp³-hybridized carbons (Fsp3) is 0.0200. The number of fused-ring (bicyclic) bond motifs is 11.